The monoisotopic (exact) mass is 404 g/mol. The van der Waals surface area contributed by atoms with E-state index < -0.39 is 11.7 Å². The van der Waals surface area contributed by atoms with E-state index in [1.54, 1.807) is 6.92 Å². The molecule has 1 aromatic heterocycles. The van der Waals surface area contributed by atoms with E-state index in [9.17, 15) is 4.79 Å². The van der Waals surface area contributed by atoms with Crippen molar-refractivity contribution in [3.8, 4) is 22.4 Å². The van der Waals surface area contributed by atoms with Gasteiger partial charge in [-0.1, -0.05) is 60.1 Å². The SMILES string of the molecule is Cc1onc(-c2ccc(-c3ccc(C4CCC4)cc3)cc2)c1NC(=O)OC(C)(C)C. The van der Waals surface area contributed by atoms with E-state index in [2.05, 4.69) is 46.9 Å². The summed E-state index contributed by atoms with van der Waals surface area (Å²) in [5.41, 5.74) is 5.18. The molecule has 5 nitrogen and oxygen atoms in total. The summed E-state index contributed by atoms with van der Waals surface area (Å²) in [5.74, 6) is 1.28. The number of aromatic nitrogens is 1. The largest absolute Gasteiger partial charge is 0.444 e. The zero-order valence-electron chi connectivity index (χ0n) is 18.0. The minimum absolute atomic E-state index is 0.529. The van der Waals surface area contributed by atoms with E-state index in [-0.39, 0.29) is 0 Å². The van der Waals surface area contributed by atoms with Gasteiger partial charge >= 0.3 is 6.09 Å². The first-order valence-electron chi connectivity index (χ1n) is 10.5. The standard InChI is InChI=1S/C25H28N2O3/c1-16-22(26-24(28)29-25(2,3)4)23(27-30-16)21-14-12-20(13-15-21)19-10-8-18(9-11-19)17-6-5-7-17/h8-15,17H,5-7H2,1-4H3,(H,26,28). The molecule has 1 heterocycles. The molecule has 0 spiro atoms. The molecule has 0 aliphatic heterocycles. The van der Waals surface area contributed by atoms with Gasteiger partial charge in [0.25, 0.3) is 0 Å². The number of carbonyl (C=O) groups is 1. The lowest BCUT2D eigenvalue weighted by atomic mass is 9.80. The summed E-state index contributed by atoms with van der Waals surface area (Å²) < 4.78 is 10.7. The summed E-state index contributed by atoms with van der Waals surface area (Å²) >= 11 is 0. The van der Waals surface area contributed by atoms with Crippen LogP contribution in [0.5, 0.6) is 0 Å². The van der Waals surface area contributed by atoms with Gasteiger partial charge in [0.2, 0.25) is 0 Å². The Hall–Kier alpha value is -3.08. The van der Waals surface area contributed by atoms with Crippen LogP contribution in [0.25, 0.3) is 22.4 Å². The Morgan fingerprint density at radius 2 is 1.57 bits per heavy atom. The van der Waals surface area contributed by atoms with Gasteiger partial charge in [-0.05, 0) is 63.1 Å². The van der Waals surface area contributed by atoms with E-state index >= 15 is 0 Å². The molecular weight excluding hydrogens is 376 g/mol. The van der Waals surface area contributed by atoms with Crippen LogP contribution in [0.1, 0.15) is 57.3 Å². The van der Waals surface area contributed by atoms with Gasteiger partial charge < -0.3 is 9.26 Å². The van der Waals surface area contributed by atoms with Gasteiger partial charge in [0, 0.05) is 5.56 Å². The lowest BCUT2D eigenvalue weighted by Gasteiger charge is -2.25. The summed E-state index contributed by atoms with van der Waals surface area (Å²) in [4.78, 5) is 12.2. The molecule has 1 saturated carbocycles. The minimum Gasteiger partial charge on any atom is -0.444 e. The fourth-order valence-corrected chi connectivity index (χ4v) is 3.63. The molecule has 1 aliphatic rings. The maximum atomic E-state index is 12.2. The van der Waals surface area contributed by atoms with Gasteiger partial charge in [0.15, 0.2) is 5.76 Å². The first kappa shape index (κ1) is 20.2. The summed E-state index contributed by atoms with van der Waals surface area (Å²) in [6.45, 7) is 7.24. The van der Waals surface area contributed by atoms with Crippen LogP contribution in [0.15, 0.2) is 53.1 Å². The van der Waals surface area contributed by atoms with Crippen molar-refractivity contribution in [1.82, 2.24) is 5.16 Å². The van der Waals surface area contributed by atoms with E-state index in [1.165, 1.54) is 30.4 Å². The number of hydrogen-bond donors (Lipinski definition) is 1. The average molecular weight is 405 g/mol. The van der Waals surface area contributed by atoms with Crippen molar-refractivity contribution in [1.29, 1.82) is 0 Å². The first-order valence-corrected chi connectivity index (χ1v) is 10.5. The average Bonchev–Trinajstić information content (AvgIpc) is 3.00. The molecule has 2 aromatic carbocycles. The molecule has 1 amide bonds. The number of ether oxygens (including phenoxy) is 1. The summed E-state index contributed by atoms with van der Waals surface area (Å²) in [6.07, 6.45) is 3.44. The number of aryl methyl sites for hydroxylation is 1. The van der Waals surface area contributed by atoms with Crippen LogP contribution in [-0.2, 0) is 4.74 Å². The topological polar surface area (TPSA) is 64.4 Å². The maximum absolute atomic E-state index is 12.2. The number of rotatable bonds is 4. The number of carbonyl (C=O) groups excluding carboxylic acids is 1. The molecule has 0 bridgehead atoms. The minimum atomic E-state index is -0.578. The zero-order valence-corrected chi connectivity index (χ0v) is 18.0. The number of hydrogen-bond acceptors (Lipinski definition) is 4. The van der Waals surface area contributed by atoms with Crippen molar-refractivity contribution in [3.05, 3.63) is 59.9 Å². The van der Waals surface area contributed by atoms with Crippen molar-refractivity contribution < 1.29 is 14.1 Å². The normalized spacial score (nSPS) is 14.3. The molecule has 0 atom stereocenters. The Morgan fingerprint density at radius 3 is 2.10 bits per heavy atom. The lowest BCUT2D eigenvalue weighted by molar-refractivity contribution is 0.0635. The van der Waals surface area contributed by atoms with Gasteiger partial charge in [0.1, 0.15) is 17.0 Å². The van der Waals surface area contributed by atoms with E-state index in [4.69, 9.17) is 9.26 Å². The van der Waals surface area contributed by atoms with E-state index in [1.807, 2.05) is 32.9 Å². The Balaban J connectivity index is 1.52. The molecule has 3 aromatic rings. The molecule has 5 heteroatoms. The highest BCUT2D eigenvalue weighted by atomic mass is 16.6. The summed E-state index contributed by atoms with van der Waals surface area (Å²) in [5, 5.41) is 6.91. The van der Waals surface area contributed by atoms with Crippen molar-refractivity contribution in [2.75, 3.05) is 5.32 Å². The van der Waals surface area contributed by atoms with Gasteiger partial charge in [0.05, 0.1) is 0 Å². The molecule has 0 saturated heterocycles. The number of amides is 1. The fraction of sp³-hybridized carbons (Fsp3) is 0.360. The molecule has 4 rings (SSSR count). The molecule has 156 valence electrons. The van der Waals surface area contributed by atoms with Gasteiger partial charge in [-0.3, -0.25) is 5.32 Å². The van der Waals surface area contributed by atoms with Crippen LogP contribution < -0.4 is 5.32 Å². The third-order valence-corrected chi connectivity index (χ3v) is 5.47. The molecule has 1 N–H and O–H groups in total. The Kier molecular flexibility index (Phi) is 5.37. The first-order chi connectivity index (χ1) is 14.3. The van der Waals surface area contributed by atoms with Gasteiger partial charge in [-0.2, -0.15) is 0 Å². The third kappa shape index (κ3) is 4.40. The summed E-state index contributed by atoms with van der Waals surface area (Å²) in [7, 11) is 0. The summed E-state index contributed by atoms with van der Waals surface area (Å²) in [6, 6.07) is 17.0. The predicted molar refractivity (Wildman–Crippen MR) is 119 cm³/mol. The fourth-order valence-electron chi connectivity index (χ4n) is 3.63. The lowest BCUT2D eigenvalue weighted by Crippen LogP contribution is -2.27. The predicted octanol–water partition coefficient (Wildman–Crippen LogP) is 6.93. The van der Waals surface area contributed by atoms with Crippen LogP contribution in [0.3, 0.4) is 0 Å². The third-order valence-electron chi connectivity index (χ3n) is 5.47. The Labute approximate surface area is 177 Å². The quantitative estimate of drug-likeness (QED) is 0.512. The van der Waals surface area contributed by atoms with Crippen LogP contribution >= 0.6 is 0 Å². The molecule has 0 radical (unpaired) electrons. The Bertz CT molecular complexity index is 1020. The highest BCUT2D eigenvalue weighted by Crippen LogP contribution is 2.37. The smallest absolute Gasteiger partial charge is 0.412 e. The number of nitrogens with one attached hydrogen (secondary N) is 1. The van der Waals surface area contributed by atoms with Crippen LogP contribution in [0.4, 0.5) is 10.5 Å². The molecule has 30 heavy (non-hydrogen) atoms. The highest BCUT2D eigenvalue weighted by molar-refractivity contribution is 5.91. The van der Waals surface area contributed by atoms with Crippen LogP contribution in [-0.4, -0.2) is 16.9 Å². The second kappa shape index (κ2) is 7.98. The second-order valence-corrected chi connectivity index (χ2v) is 8.92. The van der Waals surface area contributed by atoms with Crippen molar-refractivity contribution in [2.45, 2.75) is 58.5 Å². The van der Waals surface area contributed by atoms with E-state index in [0.29, 0.717) is 17.1 Å². The van der Waals surface area contributed by atoms with Gasteiger partial charge in [-0.15, -0.1) is 0 Å². The highest BCUT2D eigenvalue weighted by Gasteiger charge is 2.22. The van der Waals surface area contributed by atoms with Crippen molar-refractivity contribution in [3.63, 3.8) is 0 Å². The van der Waals surface area contributed by atoms with Gasteiger partial charge in [-0.25, -0.2) is 4.79 Å². The van der Waals surface area contributed by atoms with Crippen molar-refractivity contribution >= 4 is 11.8 Å². The molecule has 1 fully saturated rings. The molecular formula is C25H28N2O3. The van der Waals surface area contributed by atoms with Crippen LogP contribution in [0, 0.1) is 6.92 Å². The maximum Gasteiger partial charge on any atom is 0.412 e. The molecule has 1 aliphatic carbocycles. The number of benzene rings is 2. The zero-order chi connectivity index (χ0) is 21.3. The number of nitrogens with zero attached hydrogens (tertiary/aromatic N) is 1. The second-order valence-electron chi connectivity index (χ2n) is 8.92. The Morgan fingerprint density at radius 1 is 1.00 bits per heavy atom. The molecule has 0 unspecified atom stereocenters. The van der Waals surface area contributed by atoms with Crippen molar-refractivity contribution in [2.24, 2.45) is 0 Å². The van der Waals surface area contributed by atoms with Crippen LogP contribution in [0.2, 0.25) is 0 Å². The number of anilines is 1. The van der Waals surface area contributed by atoms with E-state index in [0.717, 1.165) is 17.0 Å².